The molecule has 1 N–H and O–H groups in total. The molecule has 13 heavy (non-hydrogen) atoms. The number of carboxylic acid groups (broad SMARTS) is 1. The molecule has 0 aromatic rings. The van der Waals surface area contributed by atoms with Crippen molar-refractivity contribution in [1.82, 2.24) is 0 Å². The third-order valence-corrected chi connectivity index (χ3v) is 1.55. The monoisotopic (exact) mass is 186 g/mol. The number of unbranched alkanes of at least 4 members (excludes halogenated alkanes) is 1. The van der Waals surface area contributed by atoms with Crippen LogP contribution in [0.4, 0.5) is 0 Å². The predicted octanol–water partition coefficient (Wildman–Crippen LogP) is 2.22. The third-order valence-electron chi connectivity index (χ3n) is 1.55. The van der Waals surface area contributed by atoms with Gasteiger partial charge in [0.15, 0.2) is 0 Å². The van der Waals surface area contributed by atoms with Gasteiger partial charge in [-0.25, -0.2) is 0 Å². The van der Waals surface area contributed by atoms with E-state index in [0.717, 1.165) is 19.4 Å². The first-order chi connectivity index (χ1) is 6.27. The highest BCUT2D eigenvalue weighted by Crippen LogP contribution is 1.92. The molecule has 0 heterocycles. The van der Waals surface area contributed by atoms with E-state index in [-0.39, 0.29) is 6.42 Å². The van der Waals surface area contributed by atoms with Crippen LogP contribution in [0, 0.1) is 0 Å². The van der Waals surface area contributed by atoms with Gasteiger partial charge in [-0.2, -0.15) is 0 Å². The van der Waals surface area contributed by atoms with Gasteiger partial charge in [-0.3, -0.25) is 4.79 Å². The largest absolute Gasteiger partial charge is 0.481 e. The fourth-order valence-electron chi connectivity index (χ4n) is 0.790. The number of rotatable bonds is 8. The summed E-state index contributed by atoms with van der Waals surface area (Å²) in [5, 5.41) is 8.32. The van der Waals surface area contributed by atoms with E-state index in [1.54, 1.807) is 0 Å². The van der Waals surface area contributed by atoms with Crippen molar-refractivity contribution in [2.24, 2.45) is 0 Å². The molecule has 0 saturated heterocycles. The van der Waals surface area contributed by atoms with E-state index >= 15 is 0 Å². The molecule has 76 valence electrons. The molecule has 0 aliphatic carbocycles. The highest BCUT2D eigenvalue weighted by Gasteiger charge is 1.91. The van der Waals surface area contributed by atoms with E-state index in [1.807, 2.05) is 12.2 Å². The van der Waals surface area contributed by atoms with Gasteiger partial charge in [0.2, 0.25) is 0 Å². The normalized spacial score (nSPS) is 10.8. The number of hydrogen-bond donors (Lipinski definition) is 1. The maximum Gasteiger partial charge on any atom is 0.303 e. The molecule has 3 nitrogen and oxygen atoms in total. The highest BCUT2D eigenvalue weighted by atomic mass is 16.5. The maximum atomic E-state index is 10.1. The molecule has 0 bridgehead atoms. The lowest BCUT2D eigenvalue weighted by atomic mass is 10.3. The van der Waals surface area contributed by atoms with Gasteiger partial charge in [0.05, 0.1) is 6.61 Å². The molecule has 0 aromatic carbocycles. The summed E-state index contributed by atoms with van der Waals surface area (Å²) >= 11 is 0. The summed E-state index contributed by atoms with van der Waals surface area (Å²) in [7, 11) is 0. The summed E-state index contributed by atoms with van der Waals surface area (Å²) in [6, 6.07) is 0. The SMILES string of the molecule is CCCCOC/C=C/CCC(=O)O. The number of carboxylic acids is 1. The summed E-state index contributed by atoms with van der Waals surface area (Å²) in [5.74, 6) is -0.753. The Morgan fingerprint density at radius 1 is 1.46 bits per heavy atom. The number of ether oxygens (including phenoxy) is 1. The number of aliphatic carboxylic acids is 1. The first kappa shape index (κ1) is 12.2. The number of carbonyl (C=O) groups is 1. The van der Waals surface area contributed by atoms with Crippen molar-refractivity contribution >= 4 is 5.97 Å². The van der Waals surface area contributed by atoms with Crippen molar-refractivity contribution in [3.63, 3.8) is 0 Å². The van der Waals surface area contributed by atoms with Crippen molar-refractivity contribution in [3.8, 4) is 0 Å². The predicted molar refractivity (Wildman–Crippen MR) is 51.7 cm³/mol. The van der Waals surface area contributed by atoms with Crippen LogP contribution in [0.2, 0.25) is 0 Å². The van der Waals surface area contributed by atoms with Gasteiger partial charge < -0.3 is 9.84 Å². The van der Waals surface area contributed by atoms with Crippen LogP contribution < -0.4 is 0 Å². The van der Waals surface area contributed by atoms with Crippen LogP contribution >= 0.6 is 0 Å². The minimum Gasteiger partial charge on any atom is -0.481 e. The van der Waals surface area contributed by atoms with Crippen LogP contribution in [-0.2, 0) is 9.53 Å². The first-order valence-electron chi connectivity index (χ1n) is 4.72. The Bertz CT molecular complexity index is 152. The average Bonchev–Trinajstić information content (AvgIpc) is 2.09. The molecule has 0 atom stereocenters. The molecule has 0 rings (SSSR count). The van der Waals surface area contributed by atoms with Crippen molar-refractivity contribution in [1.29, 1.82) is 0 Å². The van der Waals surface area contributed by atoms with Crippen molar-refractivity contribution in [3.05, 3.63) is 12.2 Å². The molecule has 0 aromatic heterocycles. The number of allylic oxidation sites excluding steroid dienone is 1. The van der Waals surface area contributed by atoms with Crippen LogP contribution in [-0.4, -0.2) is 24.3 Å². The molecule has 0 aliphatic rings. The van der Waals surface area contributed by atoms with Crippen molar-refractivity contribution in [2.45, 2.75) is 32.6 Å². The maximum absolute atomic E-state index is 10.1. The van der Waals surface area contributed by atoms with Gasteiger partial charge in [-0.15, -0.1) is 0 Å². The Morgan fingerprint density at radius 3 is 2.85 bits per heavy atom. The second-order valence-corrected chi connectivity index (χ2v) is 2.83. The standard InChI is InChI=1S/C10H18O3/c1-2-3-8-13-9-6-4-5-7-10(11)12/h4,6H,2-3,5,7-9H2,1H3,(H,11,12)/b6-4+. The second kappa shape index (κ2) is 9.26. The van der Waals surface area contributed by atoms with Gasteiger partial charge >= 0.3 is 5.97 Å². The smallest absolute Gasteiger partial charge is 0.303 e. The molecule has 0 amide bonds. The topological polar surface area (TPSA) is 46.5 Å². The molecular formula is C10H18O3. The number of hydrogen-bond acceptors (Lipinski definition) is 2. The van der Waals surface area contributed by atoms with E-state index in [0.29, 0.717) is 13.0 Å². The average molecular weight is 186 g/mol. The van der Waals surface area contributed by atoms with E-state index in [4.69, 9.17) is 9.84 Å². The zero-order valence-corrected chi connectivity index (χ0v) is 8.16. The van der Waals surface area contributed by atoms with Gasteiger partial charge in [-0.05, 0) is 12.8 Å². The van der Waals surface area contributed by atoms with E-state index in [2.05, 4.69) is 6.92 Å². The summed E-state index contributed by atoms with van der Waals surface area (Å²) in [5.41, 5.74) is 0. The minimum absolute atomic E-state index is 0.200. The van der Waals surface area contributed by atoms with E-state index in [1.165, 1.54) is 0 Å². The molecular weight excluding hydrogens is 168 g/mol. The third kappa shape index (κ3) is 11.2. The molecule has 0 unspecified atom stereocenters. The highest BCUT2D eigenvalue weighted by molar-refractivity contribution is 5.66. The fourth-order valence-corrected chi connectivity index (χ4v) is 0.790. The Hall–Kier alpha value is -0.830. The zero-order valence-electron chi connectivity index (χ0n) is 8.16. The molecule has 0 fully saturated rings. The Morgan fingerprint density at radius 2 is 2.23 bits per heavy atom. The van der Waals surface area contributed by atoms with Crippen molar-refractivity contribution < 1.29 is 14.6 Å². The molecule has 3 heteroatoms. The van der Waals surface area contributed by atoms with Gasteiger partial charge in [0, 0.05) is 13.0 Å². The van der Waals surface area contributed by atoms with Gasteiger partial charge in [0.1, 0.15) is 0 Å². The summed E-state index contributed by atoms with van der Waals surface area (Å²) < 4.78 is 5.25. The first-order valence-corrected chi connectivity index (χ1v) is 4.72. The summed E-state index contributed by atoms with van der Waals surface area (Å²) in [6.07, 6.45) is 6.74. The van der Waals surface area contributed by atoms with Crippen LogP contribution in [0.15, 0.2) is 12.2 Å². The minimum atomic E-state index is -0.753. The van der Waals surface area contributed by atoms with Crippen LogP contribution in [0.5, 0.6) is 0 Å². The zero-order chi connectivity index (χ0) is 9.94. The van der Waals surface area contributed by atoms with Crippen LogP contribution in [0.3, 0.4) is 0 Å². The van der Waals surface area contributed by atoms with Crippen molar-refractivity contribution in [2.75, 3.05) is 13.2 Å². The van der Waals surface area contributed by atoms with E-state index < -0.39 is 5.97 Å². The van der Waals surface area contributed by atoms with Gasteiger partial charge in [0.25, 0.3) is 0 Å². The lowest BCUT2D eigenvalue weighted by Crippen LogP contribution is -1.94. The Kier molecular flexibility index (Phi) is 8.67. The molecule has 0 saturated carbocycles. The quantitative estimate of drug-likeness (QED) is 0.467. The summed E-state index contributed by atoms with van der Waals surface area (Å²) in [4.78, 5) is 10.1. The van der Waals surface area contributed by atoms with Crippen LogP contribution in [0.1, 0.15) is 32.6 Å². The molecule has 0 radical (unpaired) electrons. The van der Waals surface area contributed by atoms with Gasteiger partial charge in [-0.1, -0.05) is 25.5 Å². The fraction of sp³-hybridized carbons (Fsp3) is 0.700. The molecule has 0 aliphatic heterocycles. The second-order valence-electron chi connectivity index (χ2n) is 2.83. The lowest BCUT2D eigenvalue weighted by Gasteiger charge is -1.97. The van der Waals surface area contributed by atoms with E-state index in [9.17, 15) is 4.79 Å². The molecule has 0 spiro atoms. The lowest BCUT2D eigenvalue weighted by molar-refractivity contribution is -0.136. The Labute approximate surface area is 79.4 Å². The van der Waals surface area contributed by atoms with Crippen LogP contribution in [0.25, 0.3) is 0 Å². The summed E-state index contributed by atoms with van der Waals surface area (Å²) in [6.45, 7) is 3.51. The Balaban J connectivity index is 3.08.